The Morgan fingerprint density at radius 3 is 2.81 bits per heavy atom. The van der Waals surface area contributed by atoms with Gasteiger partial charge in [-0.1, -0.05) is 33.6 Å². The first-order chi connectivity index (χ1) is 9.94. The van der Waals surface area contributed by atoms with Crippen LogP contribution < -0.4 is 10.0 Å². The van der Waals surface area contributed by atoms with Gasteiger partial charge in [-0.25, -0.2) is 13.1 Å². The third-order valence-corrected chi connectivity index (χ3v) is 7.47. The van der Waals surface area contributed by atoms with E-state index in [1.165, 1.54) is 17.8 Å². The van der Waals surface area contributed by atoms with E-state index in [1.807, 2.05) is 12.3 Å². The maximum Gasteiger partial charge on any atom is 0.250 e. The second-order valence-electron chi connectivity index (χ2n) is 6.05. The van der Waals surface area contributed by atoms with Crippen LogP contribution in [0.1, 0.15) is 45.6 Å². The van der Waals surface area contributed by atoms with Crippen molar-refractivity contribution in [2.24, 2.45) is 11.8 Å². The van der Waals surface area contributed by atoms with Crippen molar-refractivity contribution in [3.8, 4) is 0 Å². The molecule has 3 unspecified atom stereocenters. The van der Waals surface area contributed by atoms with Gasteiger partial charge in [0.2, 0.25) is 10.0 Å². The summed E-state index contributed by atoms with van der Waals surface area (Å²) in [6.45, 7) is 8.01. The highest BCUT2D eigenvalue weighted by atomic mass is 32.2. The number of rotatable bonds is 6. The fourth-order valence-corrected chi connectivity index (χ4v) is 5.45. The van der Waals surface area contributed by atoms with Gasteiger partial charge in [-0.15, -0.1) is 11.3 Å². The van der Waals surface area contributed by atoms with Crippen LogP contribution in [0.4, 0.5) is 0 Å². The third kappa shape index (κ3) is 4.28. The summed E-state index contributed by atoms with van der Waals surface area (Å²) in [5.74, 6) is 0.980. The van der Waals surface area contributed by atoms with Crippen LogP contribution in [0.3, 0.4) is 0 Å². The molecule has 0 aliphatic heterocycles. The number of thiophene rings is 1. The standard InChI is InChI=1S/C15H26N2O2S2/c1-4-16-9-13-8-15(20-10-13)21(18,19)17-14-7-5-6-11(2)12(14)3/h8,10-12,14,16-17H,4-7,9H2,1-3H3. The lowest BCUT2D eigenvalue weighted by molar-refractivity contribution is 0.227. The molecule has 120 valence electrons. The molecule has 0 bridgehead atoms. The van der Waals surface area contributed by atoms with E-state index in [9.17, 15) is 8.42 Å². The SMILES string of the molecule is CCNCc1csc(S(=O)(=O)NC2CCCC(C)C2C)c1. The lowest BCUT2D eigenvalue weighted by Gasteiger charge is -2.34. The van der Waals surface area contributed by atoms with Gasteiger partial charge in [-0.3, -0.25) is 0 Å². The molecule has 4 nitrogen and oxygen atoms in total. The van der Waals surface area contributed by atoms with Crippen molar-refractivity contribution in [1.29, 1.82) is 0 Å². The Labute approximate surface area is 132 Å². The first kappa shape index (κ1) is 16.9. The maximum atomic E-state index is 12.5. The van der Waals surface area contributed by atoms with Crippen LogP contribution in [0.2, 0.25) is 0 Å². The molecule has 1 aliphatic rings. The van der Waals surface area contributed by atoms with Crippen LogP contribution in [0, 0.1) is 11.8 Å². The predicted molar refractivity (Wildman–Crippen MR) is 88.0 cm³/mol. The normalized spacial score (nSPS) is 26.9. The van der Waals surface area contributed by atoms with Crippen molar-refractivity contribution < 1.29 is 8.42 Å². The topological polar surface area (TPSA) is 58.2 Å². The molecule has 1 aliphatic carbocycles. The van der Waals surface area contributed by atoms with Gasteiger partial charge in [0.1, 0.15) is 4.21 Å². The average molecular weight is 331 g/mol. The van der Waals surface area contributed by atoms with Crippen LogP contribution in [0.15, 0.2) is 15.7 Å². The summed E-state index contributed by atoms with van der Waals surface area (Å²) in [6.07, 6.45) is 3.25. The minimum absolute atomic E-state index is 0.0677. The minimum Gasteiger partial charge on any atom is -0.313 e. The van der Waals surface area contributed by atoms with Gasteiger partial charge < -0.3 is 5.32 Å². The molecular weight excluding hydrogens is 304 g/mol. The van der Waals surface area contributed by atoms with Gasteiger partial charge in [0, 0.05) is 12.6 Å². The molecule has 21 heavy (non-hydrogen) atoms. The first-order valence-electron chi connectivity index (χ1n) is 7.74. The Hall–Kier alpha value is -0.430. The smallest absolute Gasteiger partial charge is 0.250 e. The van der Waals surface area contributed by atoms with E-state index in [4.69, 9.17) is 0 Å². The molecule has 2 rings (SSSR count). The van der Waals surface area contributed by atoms with Gasteiger partial charge in [-0.2, -0.15) is 0 Å². The Kier molecular flexibility index (Phi) is 5.82. The highest BCUT2D eigenvalue weighted by Gasteiger charge is 2.31. The highest BCUT2D eigenvalue weighted by molar-refractivity contribution is 7.91. The average Bonchev–Trinajstić information content (AvgIpc) is 2.91. The van der Waals surface area contributed by atoms with E-state index in [1.54, 1.807) is 6.07 Å². The molecule has 0 spiro atoms. The Morgan fingerprint density at radius 1 is 1.33 bits per heavy atom. The van der Waals surface area contributed by atoms with E-state index in [0.29, 0.717) is 16.0 Å². The summed E-state index contributed by atoms with van der Waals surface area (Å²) in [5, 5.41) is 5.14. The van der Waals surface area contributed by atoms with Crippen molar-refractivity contribution in [3.63, 3.8) is 0 Å². The molecule has 0 radical (unpaired) electrons. The van der Waals surface area contributed by atoms with E-state index in [0.717, 1.165) is 31.5 Å². The summed E-state index contributed by atoms with van der Waals surface area (Å²) in [4.78, 5) is 0. The quantitative estimate of drug-likeness (QED) is 0.843. The molecule has 1 aromatic heterocycles. The molecule has 0 aromatic carbocycles. The molecule has 6 heteroatoms. The largest absolute Gasteiger partial charge is 0.313 e. The summed E-state index contributed by atoms with van der Waals surface area (Å²) >= 11 is 1.31. The van der Waals surface area contributed by atoms with Crippen LogP contribution in [0.5, 0.6) is 0 Å². The fourth-order valence-electron chi connectivity index (χ4n) is 2.86. The van der Waals surface area contributed by atoms with Crippen LogP contribution >= 0.6 is 11.3 Å². The van der Waals surface area contributed by atoms with Crippen LogP contribution in [-0.2, 0) is 16.6 Å². The second-order valence-corrected chi connectivity index (χ2v) is 8.90. The molecule has 0 saturated heterocycles. The van der Waals surface area contributed by atoms with Crippen molar-refractivity contribution in [2.75, 3.05) is 6.54 Å². The van der Waals surface area contributed by atoms with Crippen molar-refractivity contribution >= 4 is 21.4 Å². The summed E-state index contributed by atoms with van der Waals surface area (Å²) < 4.78 is 28.4. The number of hydrogen-bond donors (Lipinski definition) is 2. The Morgan fingerprint density at radius 2 is 2.10 bits per heavy atom. The third-order valence-electron chi connectivity index (χ3n) is 4.49. The van der Waals surface area contributed by atoms with Crippen LogP contribution in [-0.4, -0.2) is 21.0 Å². The zero-order chi connectivity index (χ0) is 15.5. The molecule has 1 saturated carbocycles. The summed E-state index contributed by atoms with van der Waals surface area (Å²) in [7, 11) is -3.38. The van der Waals surface area contributed by atoms with Gasteiger partial charge in [0.15, 0.2) is 0 Å². The number of nitrogens with one attached hydrogen (secondary N) is 2. The minimum atomic E-state index is -3.38. The van der Waals surface area contributed by atoms with E-state index < -0.39 is 10.0 Å². The number of hydrogen-bond acceptors (Lipinski definition) is 4. The highest BCUT2D eigenvalue weighted by Crippen LogP contribution is 2.31. The van der Waals surface area contributed by atoms with Crippen molar-refractivity contribution in [2.45, 2.75) is 56.8 Å². The Bertz CT molecular complexity index is 554. The van der Waals surface area contributed by atoms with Crippen LogP contribution in [0.25, 0.3) is 0 Å². The second kappa shape index (κ2) is 7.22. The molecule has 1 heterocycles. The van der Waals surface area contributed by atoms with E-state index in [-0.39, 0.29) is 6.04 Å². The molecule has 1 fully saturated rings. The summed E-state index contributed by atoms with van der Waals surface area (Å²) in [5.41, 5.74) is 1.03. The van der Waals surface area contributed by atoms with Crippen molar-refractivity contribution in [1.82, 2.24) is 10.0 Å². The van der Waals surface area contributed by atoms with Gasteiger partial charge in [0.05, 0.1) is 0 Å². The molecule has 3 atom stereocenters. The predicted octanol–water partition coefficient (Wildman–Crippen LogP) is 2.96. The maximum absolute atomic E-state index is 12.5. The number of sulfonamides is 1. The van der Waals surface area contributed by atoms with Crippen molar-refractivity contribution in [3.05, 3.63) is 17.0 Å². The fraction of sp³-hybridized carbons (Fsp3) is 0.733. The zero-order valence-corrected chi connectivity index (χ0v) is 14.7. The van der Waals surface area contributed by atoms with Gasteiger partial charge in [-0.05, 0) is 41.8 Å². The van der Waals surface area contributed by atoms with E-state index >= 15 is 0 Å². The lowest BCUT2D eigenvalue weighted by Crippen LogP contribution is -2.43. The molecule has 2 N–H and O–H groups in total. The van der Waals surface area contributed by atoms with E-state index in [2.05, 4.69) is 23.9 Å². The lowest BCUT2D eigenvalue weighted by atomic mass is 9.78. The zero-order valence-electron chi connectivity index (χ0n) is 13.1. The Balaban J connectivity index is 2.05. The molecular formula is C15H26N2O2S2. The molecule has 1 aromatic rings. The first-order valence-corrected chi connectivity index (χ1v) is 10.1. The monoisotopic (exact) mass is 330 g/mol. The summed E-state index contributed by atoms with van der Waals surface area (Å²) in [6, 6.07) is 1.85. The van der Waals surface area contributed by atoms with Gasteiger partial charge in [0.25, 0.3) is 0 Å². The molecule has 0 amide bonds. The van der Waals surface area contributed by atoms with Gasteiger partial charge >= 0.3 is 0 Å².